The average Bonchev–Trinajstić information content (AvgIpc) is 3.09. The third kappa shape index (κ3) is 1.13. The highest BCUT2D eigenvalue weighted by atomic mass is 16.4. The van der Waals surface area contributed by atoms with Gasteiger partial charge in [0.1, 0.15) is 0 Å². The second-order valence-electron chi connectivity index (χ2n) is 4.18. The van der Waals surface area contributed by atoms with Gasteiger partial charge in [0.25, 0.3) is 0 Å². The highest BCUT2D eigenvalue weighted by Crippen LogP contribution is 2.50. The van der Waals surface area contributed by atoms with Crippen LogP contribution in [-0.2, 0) is 10.2 Å². The maximum absolute atomic E-state index is 11.3. The van der Waals surface area contributed by atoms with E-state index in [1.165, 1.54) is 0 Å². The van der Waals surface area contributed by atoms with E-state index in [4.69, 9.17) is 0 Å². The Morgan fingerprint density at radius 3 is 2.69 bits per heavy atom. The number of aromatic nitrogens is 2. The summed E-state index contributed by atoms with van der Waals surface area (Å²) >= 11 is 0. The van der Waals surface area contributed by atoms with Crippen molar-refractivity contribution in [1.82, 2.24) is 10.2 Å². The van der Waals surface area contributed by atoms with E-state index in [0.29, 0.717) is 12.8 Å². The van der Waals surface area contributed by atoms with Crippen LogP contribution >= 0.6 is 0 Å². The van der Waals surface area contributed by atoms with Crippen LogP contribution in [0.2, 0.25) is 0 Å². The molecule has 0 unspecified atom stereocenters. The summed E-state index contributed by atoms with van der Waals surface area (Å²) in [4.78, 5) is 11.3. The molecular weight excluding hydrogens is 204 g/mol. The third-order valence-electron chi connectivity index (χ3n) is 3.27. The zero-order chi connectivity index (χ0) is 11.2. The van der Waals surface area contributed by atoms with Crippen LogP contribution < -0.4 is 0 Å². The van der Waals surface area contributed by atoms with Gasteiger partial charge in [-0.05, 0) is 18.4 Å². The molecule has 3 rings (SSSR count). The van der Waals surface area contributed by atoms with Gasteiger partial charge in [0.15, 0.2) is 0 Å². The molecule has 4 heteroatoms. The first-order chi connectivity index (χ1) is 7.74. The van der Waals surface area contributed by atoms with Crippen LogP contribution in [0.25, 0.3) is 10.8 Å². The van der Waals surface area contributed by atoms with E-state index < -0.39 is 11.4 Å². The summed E-state index contributed by atoms with van der Waals surface area (Å²) < 4.78 is 0. The number of carboxylic acids is 1. The summed E-state index contributed by atoms with van der Waals surface area (Å²) in [6, 6.07) is 5.68. The summed E-state index contributed by atoms with van der Waals surface area (Å²) in [7, 11) is 0. The van der Waals surface area contributed by atoms with Crippen LogP contribution in [0.15, 0.2) is 30.6 Å². The van der Waals surface area contributed by atoms with Crippen molar-refractivity contribution < 1.29 is 9.90 Å². The zero-order valence-electron chi connectivity index (χ0n) is 8.55. The molecule has 1 fully saturated rings. The molecule has 1 aliphatic rings. The second-order valence-corrected chi connectivity index (χ2v) is 4.18. The SMILES string of the molecule is O=C(O)C1(c2cccc3cnncc23)CC1. The molecule has 1 aromatic carbocycles. The predicted octanol–water partition coefficient (Wildman–Crippen LogP) is 1.75. The largest absolute Gasteiger partial charge is 0.481 e. The van der Waals surface area contributed by atoms with Gasteiger partial charge in [-0.3, -0.25) is 4.79 Å². The number of benzene rings is 1. The van der Waals surface area contributed by atoms with Gasteiger partial charge >= 0.3 is 5.97 Å². The molecule has 0 spiro atoms. The summed E-state index contributed by atoms with van der Waals surface area (Å²) in [5.41, 5.74) is 0.190. The smallest absolute Gasteiger partial charge is 0.314 e. The van der Waals surface area contributed by atoms with E-state index in [9.17, 15) is 9.90 Å². The van der Waals surface area contributed by atoms with Crippen LogP contribution in [0, 0.1) is 0 Å². The van der Waals surface area contributed by atoms with Crippen molar-refractivity contribution in [3.05, 3.63) is 36.2 Å². The number of carbonyl (C=O) groups is 1. The van der Waals surface area contributed by atoms with Gasteiger partial charge in [0.2, 0.25) is 0 Å². The lowest BCUT2D eigenvalue weighted by atomic mass is 9.92. The first-order valence-electron chi connectivity index (χ1n) is 5.17. The lowest BCUT2D eigenvalue weighted by Gasteiger charge is -2.12. The van der Waals surface area contributed by atoms with Gasteiger partial charge in [0, 0.05) is 10.8 Å². The number of fused-ring (bicyclic) bond motifs is 1. The van der Waals surface area contributed by atoms with Crippen molar-refractivity contribution in [3.63, 3.8) is 0 Å². The summed E-state index contributed by atoms with van der Waals surface area (Å²) in [5, 5.41) is 18.8. The molecule has 0 aliphatic heterocycles. The molecule has 1 heterocycles. The van der Waals surface area contributed by atoms with E-state index in [1.807, 2.05) is 18.2 Å². The maximum Gasteiger partial charge on any atom is 0.314 e. The molecule has 1 N–H and O–H groups in total. The van der Waals surface area contributed by atoms with Gasteiger partial charge in [-0.1, -0.05) is 18.2 Å². The minimum atomic E-state index is -0.739. The van der Waals surface area contributed by atoms with E-state index in [2.05, 4.69) is 10.2 Å². The van der Waals surface area contributed by atoms with Crippen LogP contribution in [-0.4, -0.2) is 21.3 Å². The van der Waals surface area contributed by atoms with E-state index in [1.54, 1.807) is 12.4 Å². The van der Waals surface area contributed by atoms with Crippen molar-refractivity contribution in [3.8, 4) is 0 Å². The monoisotopic (exact) mass is 214 g/mol. The standard InChI is InChI=1S/C12H10N2O2/c15-11(16)12(4-5-12)10-3-1-2-8-6-13-14-7-9(8)10/h1-3,6-7H,4-5H2,(H,15,16). The van der Waals surface area contributed by atoms with Crippen molar-refractivity contribution >= 4 is 16.7 Å². The summed E-state index contributed by atoms with van der Waals surface area (Å²) in [6.45, 7) is 0. The number of hydrogen-bond acceptors (Lipinski definition) is 3. The molecule has 0 atom stereocenters. The Hall–Kier alpha value is -1.97. The Kier molecular flexibility index (Phi) is 1.74. The molecule has 0 saturated heterocycles. The van der Waals surface area contributed by atoms with E-state index in [-0.39, 0.29) is 0 Å². The van der Waals surface area contributed by atoms with Crippen LogP contribution in [0.5, 0.6) is 0 Å². The van der Waals surface area contributed by atoms with Gasteiger partial charge in [-0.25, -0.2) is 0 Å². The Morgan fingerprint density at radius 2 is 2.00 bits per heavy atom. The lowest BCUT2D eigenvalue weighted by Crippen LogP contribution is -2.19. The minimum Gasteiger partial charge on any atom is -0.481 e. The number of carboxylic acid groups (broad SMARTS) is 1. The fourth-order valence-corrected chi connectivity index (χ4v) is 2.17. The molecule has 80 valence electrons. The third-order valence-corrected chi connectivity index (χ3v) is 3.27. The number of nitrogens with zero attached hydrogens (tertiary/aromatic N) is 2. The van der Waals surface area contributed by atoms with Gasteiger partial charge in [0.05, 0.1) is 17.8 Å². The number of hydrogen-bond donors (Lipinski definition) is 1. The second kappa shape index (κ2) is 3.01. The van der Waals surface area contributed by atoms with Crippen molar-refractivity contribution in [1.29, 1.82) is 0 Å². The fraction of sp³-hybridized carbons (Fsp3) is 0.250. The molecular formula is C12H10N2O2. The molecule has 1 aromatic heterocycles. The van der Waals surface area contributed by atoms with Crippen molar-refractivity contribution in [2.75, 3.05) is 0 Å². The highest BCUT2D eigenvalue weighted by molar-refractivity contribution is 5.94. The topological polar surface area (TPSA) is 63.1 Å². The molecule has 16 heavy (non-hydrogen) atoms. The van der Waals surface area contributed by atoms with Crippen molar-refractivity contribution in [2.45, 2.75) is 18.3 Å². The van der Waals surface area contributed by atoms with E-state index in [0.717, 1.165) is 16.3 Å². The molecule has 4 nitrogen and oxygen atoms in total. The quantitative estimate of drug-likeness (QED) is 0.827. The van der Waals surface area contributed by atoms with E-state index >= 15 is 0 Å². The Balaban J connectivity index is 2.29. The predicted molar refractivity (Wildman–Crippen MR) is 58.1 cm³/mol. The first-order valence-corrected chi connectivity index (χ1v) is 5.17. The van der Waals surface area contributed by atoms with Crippen LogP contribution in [0.3, 0.4) is 0 Å². The Labute approximate surface area is 91.9 Å². The van der Waals surface area contributed by atoms with Crippen molar-refractivity contribution in [2.24, 2.45) is 0 Å². The summed E-state index contributed by atoms with van der Waals surface area (Å²) in [6.07, 6.45) is 4.73. The normalized spacial score (nSPS) is 17.2. The van der Waals surface area contributed by atoms with Crippen LogP contribution in [0.4, 0.5) is 0 Å². The maximum atomic E-state index is 11.3. The lowest BCUT2D eigenvalue weighted by molar-refractivity contribution is -0.139. The molecule has 2 aromatic rings. The Morgan fingerprint density at radius 1 is 1.25 bits per heavy atom. The minimum absolute atomic E-state index is 0.678. The van der Waals surface area contributed by atoms with Gasteiger partial charge < -0.3 is 5.11 Å². The number of aliphatic carboxylic acids is 1. The summed E-state index contributed by atoms with van der Waals surface area (Å²) in [5.74, 6) is -0.739. The highest BCUT2D eigenvalue weighted by Gasteiger charge is 2.52. The molecule has 1 aliphatic carbocycles. The molecule has 0 radical (unpaired) electrons. The average molecular weight is 214 g/mol. The van der Waals surface area contributed by atoms with Gasteiger partial charge in [-0.2, -0.15) is 10.2 Å². The zero-order valence-corrected chi connectivity index (χ0v) is 8.55. The molecule has 1 saturated carbocycles. The van der Waals surface area contributed by atoms with Crippen LogP contribution in [0.1, 0.15) is 18.4 Å². The molecule has 0 bridgehead atoms. The molecule has 0 amide bonds. The number of rotatable bonds is 2. The fourth-order valence-electron chi connectivity index (χ4n) is 2.17. The van der Waals surface area contributed by atoms with Gasteiger partial charge in [-0.15, -0.1) is 0 Å². The Bertz CT molecular complexity index is 571. The first kappa shape index (κ1) is 9.27.